The van der Waals surface area contributed by atoms with Gasteiger partial charge in [0.15, 0.2) is 5.82 Å². The van der Waals surface area contributed by atoms with E-state index in [1.165, 1.54) is 0 Å². The summed E-state index contributed by atoms with van der Waals surface area (Å²) >= 11 is 0. The minimum absolute atomic E-state index is 0.00707. The van der Waals surface area contributed by atoms with Gasteiger partial charge in [0.05, 0.1) is 23.7 Å². The van der Waals surface area contributed by atoms with Crippen molar-refractivity contribution < 1.29 is 9.53 Å². The average molecular weight is 405 g/mol. The van der Waals surface area contributed by atoms with Crippen molar-refractivity contribution in [3.63, 3.8) is 0 Å². The van der Waals surface area contributed by atoms with Crippen molar-refractivity contribution in [2.24, 2.45) is 5.92 Å². The quantitative estimate of drug-likeness (QED) is 0.669. The maximum atomic E-state index is 12.8. The average Bonchev–Trinajstić information content (AvgIpc) is 2.79. The molecule has 0 radical (unpaired) electrons. The van der Waals surface area contributed by atoms with Gasteiger partial charge < -0.3 is 15.0 Å². The summed E-state index contributed by atoms with van der Waals surface area (Å²) in [7, 11) is 0. The molecule has 1 atom stereocenters. The number of para-hydroxylation sites is 2. The Morgan fingerprint density at radius 1 is 1.07 bits per heavy atom. The molecule has 0 aliphatic carbocycles. The number of anilines is 1. The Hall–Kier alpha value is -3.15. The fraction of sp³-hybridized carbons (Fsp3) is 0.375. The number of nitrogens with one attached hydrogen (secondary N) is 1. The van der Waals surface area contributed by atoms with Crippen molar-refractivity contribution in [2.45, 2.75) is 32.7 Å². The third-order valence-corrected chi connectivity index (χ3v) is 5.63. The second-order valence-corrected chi connectivity index (χ2v) is 7.68. The van der Waals surface area contributed by atoms with E-state index in [4.69, 9.17) is 9.72 Å². The number of rotatable bonds is 6. The van der Waals surface area contributed by atoms with Gasteiger partial charge in [0.25, 0.3) is 5.88 Å². The Labute approximate surface area is 177 Å². The van der Waals surface area contributed by atoms with Crippen molar-refractivity contribution in [1.82, 2.24) is 15.3 Å². The monoisotopic (exact) mass is 404 g/mol. The summed E-state index contributed by atoms with van der Waals surface area (Å²) in [5.74, 6) is 1.47. The van der Waals surface area contributed by atoms with E-state index in [2.05, 4.69) is 15.2 Å². The van der Waals surface area contributed by atoms with Gasteiger partial charge in [-0.25, -0.2) is 9.97 Å². The first-order chi connectivity index (χ1) is 14.7. The molecule has 1 aromatic heterocycles. The number of piperidine rings is 1. The van der Waals surface area contributed by atoms with Crippen LogP contribution in [0.15, 0.2) is 54.6 Å². The summed E-state index contributed by atoms with van der Waals surface area (Å²) in [5, 5.41) is 3.17. The molecule has 30 heavy (non-hydrogen) atoms. The van der Waals surface area contributed by atoms with Crippen LogP contribution in [0.25, 0.3) is 11.0 Å². The first kappa shape index (κ1) is 20.1. The molecule has 1 aliphatic heterocycles. The van der Waals surface area contributed by atoms with Crippen LogP contribution in [-0.2, 0) is 4.79 Å². The topological polar surface area (TPSA) is 67.4 Å². The molecule has 3 aromatic rings. The van der Waals surface area contributed by atoms with Crippen molar-refractivity contribution in [3.05, 3.63) is 60.2 Å². The number of carbonyl (C=O) groups excluding carboxylic acids is 1. The Kier molecular flexibility index (Phi) is 6.12. The Morgan fingerprint density at radius 2 is 1.70 bits per heavy atom. The van der Waals surface area contributed by atoms with Crippen molar-refractivity contribution in [2.75, 3.05) is 24.6 Å². The van der Waals surface area contributed by atoms with Gasteiger partial charge in [0.1, 0.15) is 0 Å². The third-order valence-electron chi connectivity index (χ3n) is 5.63. The first-order valence-electron chi connectivity index (χ1n) is 10.7. The van der Waals surface area contributed by atoms with Crippen LogP contribution in [0.5, 0.6) is 5.88 Å². The van der Waals surface area contributed by atoms with Gasteiger partial charge in [0.2, 0.25) is 5.91 Å². The smallest absolute Gasteiger partial charge is 0.258 e. The third kappa shape index (κ3) is 4.37. The first-order valence-corrected chi connectivity index (χ1v) is 10.7. The predicted octanol–water partition coefficient (Wildman–Crippen LogP) is 4.12. The zero-order valence-corrected chi connectivity index (χ0v) is 17.5. The molecule has 156 valence electrons. The molecular formula is C24H28N4O2. The van der Waals surface area contributed by atoms with Gasteiger partial charge >= 0.3 is 0 Å². The lowest BCUT2D eigenvalue weighted by Gasteiger charge is -2.33. The molecule has 4 rings (SSSR count). The van der Waals surface area contributed by atoms with Gasteiger partial charge in [-0.2, -0.15) is 0 Å². The summed E-state index contributed by atoms with van der Waals surface area (Å²) in [4.78, 5) is 24.5. The van der Waals surface area contributed by atoms with E-state index < -0.39 is 0 Å². The highest BCUT2D eigenvalue weighted by molar-refractivity contribution is 5.80. The van der Waals surface area contributed by atoms with E-state index >= 15 is 0 Å². The lowest BCUT2D eigenvalue weighted by Crippen LogP contribution is -2.41. The molecule has 0 bridgehead atoms. The fourth-order valence-corrected chi connectivity index (χ4v) is 3.92. The van der Waals surface area contributed by atoms with Gasteiger partial charge in [-0.15, -0.1) is 0 Å². The molecule has 0 saturated carbocycles. The van der Waals surface area contributed by atoms with Crippen LogP contribution in [0.4, 0.5) is 5.82 Å². The highest BCUT2D eigenvalue weighted by Crippen LogP contribution is 2.30. The lowest BCUT2D eigenvalue weighted by atomic mass is 9.95. The largest absolute Gasteiger partial charge is 0.475 e. The normalized spacial score (nSPS) is 15.7. The molecule has 6 nitrogen and oxygen atoms in total. The summed E-state index contributed by atoms with van der Waals surface area (Å²) in [5.41, 5.74) is 2.80. The van der Waals surface area contributed by atoms with Crippen LogP contribution in [0.3, 0.4) is 0 Å². The number of benzene rings is 2. The number of aromatic nitrogens is 2. The number of hydrogen-bond donors (Lipinski definition) is 1. The zero-order valence-electron chi connectivity index (χ0n) is 17.5. The molecule has 2 heterocycles. The minimum Gasteiger partial charge on any atom is -0.475 e. The summed E-state index contributed by atoms with van der Waals surface area (Å²) in [6.45, 7) is 6.03. The number of fused-ring (bicyclic) bond motifs is 1. The van der Waals surface area contributed by atoms with E-state index in [0.29, 0.717) is 12.5 Å². The van der Waals surface area contributed by atoms with E-state index in [1.807, 2.05) is 68.4 Å². The number of nitrogens with zero attached hydrogens (tertiary/aromatic N) is 3. The van der Waals surface area contributed by atoms with Crippen LogP contribution >= 0.6 is 0 Å². The van der Waals surface area contributed by atoms with Gasteiger partial charge in [-0.05, 0) is 44.4 Å². The molecule has 6 heteroatoms. The second-order valence-electron chi connectivity index (χ2n) is 7.68. The molecule has 2 aromatic carbocycles. The summed E-state index contributed by atoms with van der Waals surface area (Å²) < 4.78 is 5.78. The highest BCUT2D eigenvalue weighted by Gasteiger charge is 2.28. The summed E-state index contributed by atoms with van der Waals surface area (Å²) in [6.07, 6.45) is 1.57. The van der Waals surface area contributed by atoms with Crippen LogP contribution in [-0.4, -0.2) is 35.6 Å². The fourth-order valence-electron chi connectivity index (χ4n) is 3.92. The molecule has 1 saturated heterocycles. The lowest BCUT2D eigenvalue weighted by molar-refractivity contribution is -0.126. The van der Waals surface area contributed by atoms with Gasteiger partial charge in [-0.3, -0.25) is 4.79 Å². The Balaban J connectivity index is 1.43. The van der Waals surface area contributed by atoms with Crippen LogP contribution < -0.4 is 15.0 Å². The number of carbonyl (C=O) groups is 1. The van der Waals surface area contributed by atoms with Crippen molar-refractivity contribution >= 4 is 22.8 Å². The summed E-state index contributed by atoms with van der Waals surface area (Å²) in [6, 6.07) is 17.9. The number of hydrogen-bond acceptors (Lipinski definition) is 5. The number of amides is 1. The van der Waals surface area contributed by atoms with Crippen molar-refractivity contribution in [3.8, 4) is 5.88 Å². The molecule has 0 spiro atoms. The standard InChI is InChI=1S/C24H28N4O2/c1-3-30-24-22(26-20-11-7-8-12-21(20)27-24)28-15-13-19(14-16-28)23(29)25-17(2)18-9-5-4-6-10-18/h4-12,17,19H,3,13-16H2,1-2H3,(H,25,29)/t17-/m0/s1. The molecule has 1 amide bonds. The van der Waals surface area contributed by atoms with Gasteiger partial charge in [0, 0.05) is 19.0 Å². The maximum absolute atomic E-state index is 12.8. The Bertz CT molecular complexity index is 1000. The van der Waals surface area contributed by atoms with Crippen molar-refractivity contribution in [1.29, 1.82) is 0 Å². The SMILES string of the molecule is CCOc1nc2ccccc2nc1N1CCC(C(=O)N[C@@H](C)c2ccccc2)CC1. The predicted molar refractivity (Wildman–Crippen MR) is 119 cm³/mol. The van der Waals surface area contributed by atoms with E-state index in [-0.39, 0.29) is 17.9 Å². The van der Waals surface area contributed by atoms with Gasteiger partial charge in [-0.1, -0.05) is 42.5 Å². The van der Waals surface area contributed by atoms with E-state index in [9.17, 15) is 4.79 Å². The molecule has 1 fully saturated rings. The maximum Gasteiger partial charge on any atom is 0.258 e. The second kappa shape index (κ2) is 9.11. The Morgan fingerprint density at radius 3 is 2.37 bits per heavy atom. The molecule has 1 aliphatic rings. The van der Waals surface area contributed by atoms with Crippen LogP contribution in [0.2, 0.25) is 0 Å². The van der Waals surface area contributed by atoms with E-state index in [0.717, 1.165) is 48.3 Å². The zero-order chi connectivity index (χ0) is 20.9. The van der Waals surface area contributed by atoms with Crippen LogP contribution in [0, 0.1) is 5.92 Å². The number of ether oxygens (including phenoxy) is 1. The highest BCUT2D eigenvalue weighted by atomic mass is 16.5. The van der Waals surface area contributed by atoms with E-state index in [1.54, 1.807) is 0 Å². The molecule has 1 N–H and O–H groups in total. The molecular weight excluding hydrogens is 376 g/mol. The minimum atomic E-state index is 0.00707. The molecule has 0 unspecified atom stereocenters. The van der Waals surface area contributed by atoms with Crippen LogP contribution in [0.1, 0.15) is 38.3 Å².